The number of hydrogen-bond donors (Lipinski definition) is 0. The first kappa shape index (κ1) is 32.1. The Morgan fingerprint density at radius 3 is 1.57 bits per heavy atom. The van der Waals surface area contributed by atoms with Crippen molar-refractivity contribution in [3.63, 3.8) is 0 Å². The zero-order valence-corrected chi connectivity index (χ0v) is 30.6. The number of hydrogen-bond acceptors (Lipinski definition) is 7. The Hall–Kier alpha value is -7.35. The summed E-state index contributed by atoms with van der Waals surface area (Å²) in [5.41, 5.74) is 10.1. The molecule has 0 saturated carbocycles. The summed E-state index contributed by atoms with van der Waals surface area (Å²) in [5, 5.41) is 3.34. The molecule has 0 bridgehead atoms. The van der Waals surface area contributed by atoms with Gasteiger partial charge in [0.1, 0.15) is 16.8 Å². The molecule has 0 aliphatic rings. The molecule has 0 atom stereocenters. The van der Waals surface area contributed by atoms with Crippen LogP contribution in [-0.2, 0) is 0 Å². The Balaban J connectivity index is 1.00. The Morgan fingerprint density at radius 1 is 0.375 bits per heavy atom. The molecule has 56 heavy (non-hydrogen) atoms. The highest BCUT2D eigenvalue weighted by atomic mass is 32.1. The predicted octanol–water partition coefficient (Wildman–Crippen LogP) is 12.9. The Morgan fingerprint density at radius 2 is 0.911 bits per heavy atom. The number of nitrogens with zero attached hydrogens (tertiary/aromatic N) is 5. The molecule has 7 heteroatoms. The van der Waals surface area contributed by atoms with Crippen LogP contribution in [0.3, 0.4) is 0 Å². The number of fused-ring (bicyclic) bond motifs is 6. The van der Waals surface area contributed by atoms with Crippen LogP contribution in [0.1, 0.15) is 0 Å². The van der Waals surface area contributed by atoms with Crippen molar-refractivity contribution in [2.24, 2.45) is 0 Å². The molecule has 0 aliphatic carbocycles. The number of rotatable bonds is 6. The lowest BCUT2D eigenvalue weighted by atomic mass is 10.00. The molecule has 7 aromatic carbocycles. The number of benzene rings is 7. The summed E-state index contributed by atoms with van der Waals surface area (Å²) in [4.78, 5) is 24.9. The van der Waals surface area contributed by atoms with Gasteiger partial charge in [-0.1, -0.05) is 146 Å². The zero-order valence-electron chi connectivity index (χ0n) is 29.8. The molecule has 0 aliphatic heterocycles. The van der Waals surface area contributed by atoms with Crippen LogP contribution in [0.25, 0.3) is 110 Å². The van der Waals surface area contributed by atoms with Crippen molar-refractivity contribution in [2.75, 3.05) is 0 Å². The Labute approximate surface area is 325 Å². The molecule has 11 rings (SSSR count). The van der Waals surface area contributed by atoms with Crippen molar-refractivity contribution in [1.29, 1.82) is 0 Å². The van der Waals surface area contributed by atoms with Gasteiger partial charge in [-0.15, -0.1) is 11.3 Å². The maximum atomic E-state index is 6.40. The maximum absolute atomic E-state index is 6.40. The lowest BCUT2D eigenvalue weighted by molar-refractivity contribution is 0.667. The molecular formula is C49H29N5OS. The van der Waals surface area contributed by atoms with E-state index >= 15 is 0 Å². The van der Waals surface area contributed by atoms with E-state index in [1.165, 1.54) is 25.7 Å². The van der Waals surface area contributed by atoms with E-state index in [-0.39, 0.29) is 0 Å². The molecule has 0 unspecified atom stereocenters. The molecule has 4 aromatic heterocycles. The number of aromatic nitrogens is 5. The molecule has 11 aromatic rings. The van der Waals surface area contributed by atoms with E-state index in [1.807, 2.05) is 109 Å². The predicted molar refractivity (Wildman–Crippen MR) is 228 cm³/mol. The normalized spacial score (nSPS) is 11.6. The lowest BCUT2D eigenvalue weighted by Crippen LogP contribution is -2.00. The van der Waals surface area contributed by atoms with Gasteiger partial charge in [0, 0.05) is 53.4 Å². The Kier molecular flexibility index (Phi) is 7.57. The second kappa shape index (κ2) is 13.2. The van der Waals surface area contributed by atoms with Gasteiger partial charge in [0.2, 0.25) is 0 Å². The van der Waals surface area contributed by atoms with Crippen LogP contribution in [0.4, 0.5) is 0 Å². The van der Waals surface area contributed by atoms with Gasteiger partial charge in [-0.25, -0.2) is 24.9 Å². The SMILES string of the molecule is c1ccc(-c2nc(-c3ccccc3)nc(-c3ccc4sc5c(-c6ccc(-c7nc(-c8ccccc8)nc8c7oc7ccccc78)cc6)cccc5c4c3)n2)cc1. The van der Waals surface area contributed by atoms with Crippen molar-refractivity contribution in [3.05, 3.63) is 176 Å². The molecule has 0 N–H and O–H groups in total. The molecule has 0 fully saturated rings. The van der Waals surface area contributed by atoms with E-state index in [1.54, 1.807) is 11.3 Å². The highest BCUT2D eigenvalue weighted by molar-refractivity contribution is 7.26. The lowest BCUT2D eigenvalue weighted by Gasteiger charge is -2.09. The van der Waals surface area contributed by atoms with Crippen molar-refractivity contribution in [2.45, 2.75) is 0 Å². The molecule has 0 amide bonds. The fourth-order valence-electron chi connectivity index (χ4n) is 7.41. The monoisotopic (exact) mass is 735 g/mol. The van der Waals surface area contributed by atoms with Crippen molar-refractivity contribution in [1.82, 2.24) is 24.9 Å². The summed E-state index contributed by atoms with van der Waals surface area (Å²) in [6.07, 6.45) is 0. The van der Waals surface area contributed by atoms with Crippen LogP contribution in [0.5, 0.6) is 0 Å². The van der Waals surface area contributed by atoms with Gasteiger partial charge in [-0.3, -0.25) is 0 Å². The van der Waals surface area contributed by atoms with Crippen LogP contribution in [0.2, 0.25) is 0 Å². The minimum atomic E-state index is 0.643. The average molecular weight is 736 g/mol. The minimum Gasteiger partial charge on any atom is -0.452 e. The number of furan rings is 1. The molecule has 4 heterocycles. The van der Waals surface area contributed by atoms with E-state index in [9.17, 15) is 0 Å². The molecule has 0 saturated heterocycles. The van der Waals surface area contributed by atoms with Crippen molar-refractivity contribution in [3.8, 4) is 67.9 Å². The third kappa shape index (κ3) is 5.52. The van der Waals surface area contributed by atoms with E-state index < -0.39 is 0 Å². The summed E-state index contributed by atoms with van der Waals surface area (Å²) in [6, 6.07) is 60.0. The van der Waals surface area contributed by atoms with Crippen LogP contribution < -0.4 is 0 Å². The van der Waals surface area contributed by atoms with Gasteiger partial charge in [0.25, 0.3) is 0 Å². The summed E-state index contributed by atoms with van der Waals surface area (Å²) in [6.45, 7) is 0. The van der Waals surface area contributed by atoms with E-state index in [4.69, 9.17) is 29.3 Å². The largest absolute Gasteiger partial charge is 0.452 e. The van der Waals surface area contributed by atoms with Crippen LogP contribution >= 0.6 is 11.3 Å². The number of thiophene rings is 1. The first-order valence-corrected chi connectivity index (χ1v) is 19.2. The van der Waals surface area contributed by atoms with Gasteiger partial charge in [0.15, 0.2) is 28.9 Å². The molecule has 262 valence electrons. The van der Waals surface area contributed by atoms with Crippen molar-refractivity contribution >= 4 is 53.6 Å². The third-order valence-electron chi connectivity index (χ3n) is 10.2. The molecule has 6 nitrogen and oxygen atoms in total. The van der Waals surface area contributed by atoms with Gasteiger partial charge in [-0.05, 0) is 41.5 Å². The average Bonchev–Trinajstić information content (AvgIpc) is 3.85. The quantitative estimate of drug-likeness (QED) is 0.169. The second-order valence-corrected chi connectivity index (χ2v) is 14.7. The highest BCUT2D eigenvalue weighted by Crippen LogP contribution is 2.42. The maximum Gasteiger partial charge on any atom is 0.180 e. The highest BCUT2D eigenvalue weighted by Gasteiger charge is 2.19. The van der Waals surface area contributed by atoms with Crippen LogP contribution in [-0.4, -0.2) is 24.9 Å². The fourth-order valence-corrected chi connectivity index (χ4v) is 8.63. The summed E-state index contributed by atoms with van der Waals surface area (Å²) >= 11 is 1.80. The van der Waals surface area contributed by atoms with E-state index in [0.717, 1.165) is 55.6 Å². The van der Waals surface area contributed by atoms with E-state index in [0.29, 0.717) is 28.9 Å². The summed E-state index contributed by atoms with van der Waals surface area (Å²) in [7, 11) is 0. The smallest absolute Gasteiger partial charge is 0.180 e. The summed E-state index contributed by atoms with van der Waals surface area (Å²) < 4.78 is 8.83. The minimum absolute atomic E-state index is 0.643. The van der Waals surface area contributed by atoms with Crippen molar-refractivity contribution < 1.29 is 4.42 Å². The van der Waals surface area contributed by atoms with Gasteiger partial charge in [0.05, 0.1) is 0 Å². The van der Waals surface area contributed by atoms with Gasteiger partial charge < -0.3 is 4.42 Å². The summed E-state index contributed by atoms with van der Waals surface area (Å²) in [5.74, 6) is 2.61. The third-order valence-corrected chi connectivity index (χ3v) is 11.4. The Bertz CT molecular complexity index is 3180. The zero-order chi connectivity index (χ0) is 37.0. The second-order valence-electron chi connectivity index (χ2n) is 13.6. The fraction of sp³-hybridized carbons (Fsp3) is 0. The van der Waals surface area contributed by atoms with Gasteiger partial charge in [-0.2, -0.15) is 0 Å². The van der Waals surface area contributed by atoms with Gasteiger partial charge >= 0.3 is 0 Å². The first-order valence-electron chi connectivity index (χ1n) is 18.4. The molecule has 0 spiro atoms. The topological polar surface area (TPSA) is 77.6 Å². The van der Waals surface area contributed by atoms with Crippen LogP contribution in [0.15, 0.2) is 180 Å². The van der Waals surface area contributed by atoms with Crippen LogP contribution in [0, 0.1) is 0 Å². The standard InChI is InChI=1S/C49H29N5OS/c1-4-13-32(14-5-1)46-50-42(44-43(51-46)38-19-10-11-22-40(38)55-44)31-25-23-30(24-26-31)36-20-12-21-37-39-29-35(27-28-41(39)56-45(36)37)49-53-47(33-15-6-2-7-16-33)52-48(54-49)34-17-8-3-9-18-34/h1-29H. The molecule has 0 radical (unpaired) electrons. The number of para-hydroxylation sites is 1. The van der Waals surface area contributed by atoms with E-state index in [2.05, 4.69) is 66.7 Å². The first-order chi connectivity index (χ1) is 27.7. The molecular weight excluding hydrogens is 707 g/mol.